The van der Waals surface area contributed by atoms with Gasteiger partial charge in [0.15, 0.2) is 0 Å². The summed E-state index contributed by atoms with van der Waals surface area (Å²) in [6, 6.07) is 17.2. The third kappa shape index (κ3) is 5.60. The van der Waals surface area contributed by atoms with Crippen LogP contribution in [0.25, 0.3) is 6.08 Å². The molecule has 120 valence electrons. The third-order valence-corrected chi connectivity index (χ3v) is 3.21. The molecule has 0 bridgehead atoms. The van der Waals surface area contributed by atoms with E-state index in [-0.39, 0.29) is 6.10 Å². The Kier molecular flexibility index (Phi) is 6.39. The Bertz CT molecular complexity index is 649. The van der Waals surface area contributed by atoms with E-state index in [1.165, 1.54) is 6.08 Å². The number of hydrogen-bond donors (Lipinski definition) is 0. The Morgan fingerprint density at radius 1 is 1.09 bits per heavy atom. The van der Waals surface area contributed by atoms with Crippen LogP contribution in [0.2, 0.25) is 0 Å². The predicted molar refractivity (Wildman–Crippen MR) is 88.8 cm³/mol. The topological polar surface area (TPSA) is 44.8 Å². The van der Waals surface area contributed by atoms with Gasteiger partial charge in [-0.3, -0.25) is 4.89 Å². The SMILES string of the molecule is COc1ccccc1C[C@@H](C)OOC(=O)/C=C/c1ccccc1. The van der Waals surface area contributed by atoms with E-state index in [2.05, 4.69) is 0 Å². The van der Waals surface area contributed by atoms with Crippen LogP contribution in [0.5, 0.6) is 5.75 Å². The van der Waals surface area contributed by atoms with E-state index >= 15 is 0 Å². The first-order chi connectivity index (χ1) is 11.2. The van der Waals surface area contributed by atoms with Gasteiger partial charge in [-0.25, -0.2) is 4.79 Å². The molecule has 4 nitrogen and oxygen atoms in total. The van der Waals surface area contributed by atoms with Crippen molar-refractivity contribution in [3.8, 4) is 5.75 Å². The van der Waals surface area contributed by atoms with Gasteiger partial charge in [0, 0.05) is 12.5 Å². The zero-order chi connectivity index (χ0) is 16.5. The highest BCUT2D eigenvalue weighted by Gasteiger charge is 2.11. The van der Waals surface area contributed by atoms with Crippen LogP contribution in [-0.4, -0.2) is 19.2 Å². The Balaban J connectivity index is 1.81. The third-order valence-electron chi connectivity index (χ3n) is 3.21. The molecule has 0 spiro atoms. The van der Waals surface area contributed by atoms with Gasteiger partial charge in [0.05, 0.1) is 7.11 Å². The molecule has 0 amide bonds. The van der Waals surface area contributed by atoms with E-state index in [1.54, 1.807) is 13.2 Å². The van der Waals surface area contributed by atoms with Crippen LogP contribution in [0.15, 0.2) is 60.7 Å². The zero-order valence-corrected chi connectivity index (χ0v) is 13.3. The molecule has 4 heteroatoms. The fourth-order valence-electron chi connectivity index (χ4n) is 2.10. The maximum Gasteiger partial charge on any atom is 0.365 e. The second-order valence-corrected chi connectivity index (χ2v) is 5.07. The monoisotopic (exact) mass is 312 g/mol. The lowest BCUT2D eigenvalue weighted by Gasteiger charge is -2.13. The van der Waals surface area contributed by atoms with Crippen molar-refractivity contribution in [2.24, 2.45) is 0 Å². The fourth-order valence-corrected chi connectivity index (χ4v) is 2.10. The van der Waals surface area contributed by atoms with Crippen LogP contribution in [0.3, 0.4) is 0 Å². The van der Waals surface area contributed by atoms with Crippen molar-refractivity contribution in [2.45, 2.75) is 19.4 Å². The number of hydrogen-bond acceptors (Lipinski definition) is 4. The summed E-state index contributed by atoms with van der Waals surface area (Å²) in [5.41, 5.74) is 1.92. The molecule has 0 fully saturated rings. The lowest BCUT2D eigenvalue weighted by atomic mass is 10.1. The Hall–Kier alpha value is -2.59. The second kappa shape index (κ2) is 8.76. The molecule has 0 radical (unpaired) electrons. The largest absolute Gasteiger partial charge is 0.496 e. The minimum absolute atomic E-state index is 0.277. The van der Waals surface area contributed by atoms with Crippen LogP contribution >= 0.6 is 0 Å². The lowest BCUT2D eigenvalue weighted by Crippen LogP contribution is -2.15. The molecule has 2 aromatic carbocycles. The molecule has 0 saturated carbocycles. The van der Waals surface area contributed by atoms with Gasteiger partial charge in [-0.1, -0.05) is 48.5 Å². The summed E-state index contributed by atoms with van der Waals surface area (Å²) < 4.78 is 5.28. The molecule has 0 aliphatic heterocycles. The first-order valence-electron chi connectivity index (χ1n) is 7.41. The highest BCUT2D eigenvalue weighted by atomic mass is 17.2. The van der Waals surface area contributed by atoms with E-state index in [1.807, 2.05) is 61.5 Å². The van der Waals surface area contributed by atoms with Crippen molar-refractivity contribution in [1.82, 2.24) is 0 Å². The maximum atomic E-state index is 11.6. The standard InChI is InChI=1S/C19H20O4/c1-15(14-17-10-6-7-11-18(17)21-2)22-23-19(20)13-12-16-8-4-3-5-9-16/h3-13,15H,14H2,1-2H3/b13-12+/t15-/m1/s1. The van der Waals surface area contributed by atoms with Crippen molar-refractivity contribution in [3.05, 3.63) is 71.8 Å². The van der Waals surface area contributed by atoms with Crippen LogP contribution < -0.4 is 4.74 Å². The summed E-state index contributed by atoms with van der Waals surface area (Å²) in [5, 5.41) is 0. The van der Waals surface area contributed by atoms with Gasteiger partial charge < -0.3 is 4.74 Å². The number of methoxy groups -OCH3 is 1. The fraction of sp³-hybridized carbons (Fsp3) is 0.211. The Labute approximate surface area is 136 Å². The van der Waals surface area contributed by atoms with E-state index in [9.17, 15) is 4.79 Å². The van der Waals surface area contributed by atoms with Gasteiger partial charge in [0.2, 0.25) is 0 Å². The zero-order valence-electron chi connectivity index (χ0n) is 13.3. The molecule has 2 aromatic rings. The summed E-state index contributed by atoms with van der Waals surface area (Å²) in [6.07, 6.45) is 3.32. The minimum atomic E-state index is -0.541. The smallest absolute Gasteiger partial charge is 0.365 e. The minimum Gasteiger partial charge on any atom is -0.496 e. The summed E-state index contributed by atoms with van der Waals surface area (Å²) in [4.78, 5) is 21.6. The number of ether oxygens (including phenoxy) is 1. The Morgan fingerprint density at radius 3 is 2.52 bits per heavy atom. The molecule has 0 unspecified atom stereocenters. The van der Waals surface area contributed by atoms with Gasteiger partial charge >= 0.3 is 5.97 Å². The normalized spacial score (nSPS) is 12.1. The molecule has 23 heavy (non-hydrogen) atoms. The number of benzene rings is 2. The molecule has 0 aliphatic carbocycles. The van der Waals surface area contributed by atoms with Crippen LogP contribution in [0.4, 0.5) is 0 Å². The van der Waals surface area contributed by atoms with E-state index in [0.29, 0.717) is 6.42 Å². The molecule has 0 saturated heterocycles. The summed E-state index contributed by atoms with van der Waals surface area (Å²) in [6.45, 7) is 1.83. The van der Waals surface area contributed by atoms with E-state index < -0.39 is 5.97 Å². The summed E-state index contributed by atoms with van der Waals surface area (Å²) in [5.74, 6) is 0.249. The lowest BCUT2D eigenvalue weighted by molar-refractivity contribution is -0.289. The van der Waals surface area contributed by atoms with E-state index in [4.69, 9.17) is 14.5 Å². The number of para-hydroxylation sites is 1. The van der Waals surface area contributed by atoms with Gasteiger partial charge in [-0.15, -0.1) is 0 Å². The van der Waals surface area contributed by atoms with Crippen molar-refractivity contribution in [1.29, 1.82) is 0 Å². The molecular weight excluding hydrogens is 292 g/mol. The average molecular weight is 312 g/mol. The van der Waals surface area contributed by atoms with Crippen LogP contribution in [-0.2, 0) is 21.0 Å². The summed E-state index contributed by atoms with van der Waals surface area (Å²) in [7, 11) is 1.62. The predicted octanol–water partition coefficient (Wildman–Crippen LogP) is 3.81. The average Bonchev–Trinajstić information content (AvgIpc) is 2.59. The highest BCUT2D eigenvalue weighted by Crippen LogP contribution is 2.19. The van der Waals surface area contributed by atoms with E-state index in [0.717, 1.165) is 16.9 Å². The van der Waals surface area contributed by atoms with Crippen molar-refractivity contribution >= 4 is 12.0 Å². The molecule has 0 aliphatic rings. The number of rotatable bonds is 7. The van der Waals surface area contributed by atoms with Crippen molar-refractivity contribution < 1.29 is 19.3 Å². The maximum absolute atomic E-state index is 11.6. The van der Waals surface area contributed by atoms with Crippen LogP contribution in [0.1, 0.15) is 18.1 Å². The molecule has 2 rings (SSSR count). The molecule has 1 atom stereocenters. The second-order valence-electron chi connectivity index (χ2n) is 5.07. The van der Waals surface area contributed by atoms with Crippen LogP contribution in [0, 0.1) is 0 Å². The molecular formula is C19H20O4. The highest BCUT2D eigenvalue weighted by molar-refractivity contribution is 5.86. The first kappa shape index (κ1) is 16.8. The summed E-state index contributed by atoms with van der Waals surface area (Å²) >= 11 is 0. The van der Waals surface area contributed by atoms with Crippen molar-refractivity contribution in [3.63, 3.8) is 0 Å². The number of carbonyl (C=O) groups is 1. The Morgan fingerprint density at radius 2 is 1.78 bits per heavy atom. The van der Waals surface area contributed by atoms with Gasteiger partial charge in [0.25, 0.3) is 0 Å². The molecule has 0 heterocycles. The quantitative estimate of drug-likeness (QED) is 0.443. The van der Waals surface area contributed by atoms with Gasteiger partial charge in [0.1, 0.15) is 11.9 Å². The van der Waals surface area contributed by atoms with Gasteiger partial charge in [-0.05, 0) is 30.2 Å². The number of carbonyl (C=O) groups excluding carboxylic acids is 1. The molecule has 0 aromatic heterocycles. The van der Waals surface area contributed by atoms with Gasteiger partial charge in [-0.2, -0.15) is 4.89 Å². The first-order valence-corrected chi connectivity index (χ1v) is 7.41. The van der Waals surface area contributed by atoms with Crippen molar-refractivity contribution in [2.75, 3.05) is 7.11 Å². The molecule has 0 N–H and O–H groups in total.